The van der Waals surface area contributed by atoms with E-state index in [-0.39, 0.29) is 5.41 Å². The Labute approximate surface area is 323 Å². The maximum Gasteiger partial charge on any atom is 0.0159 e. The third-order valence-corrected chi connectivity index (χ3v) is 11.6. The highest BCUT2D eigenvalue weighted by Crippen LogP contribution is 2.51. The predicted octanol–water partition coefficient (Wildman–Crippen LogP) is 14.9. The quantitative estimate of drug-likeness (QED) is 0.152. The molecule has 55 heavy (non-hydrogen) atoms. The standard InChI is InChI=1S/C55H40/c1-55(2)53-35-44(43-25-24-38-14-9-10-20-42(38)33-43)26-28-50(53)51-29-27-45(36-54(51)55)46-30-37(31-47(34-46)49-23-13-21-39-19-11-12-22-48(39)49)32-52(40-15-5-3-6-16-40)41-17-7-4-8-18-41/h3-36H,1-2H3. The van der Waals surface area contributed by atoms with Crippen LogP contribution in [0.25, 0.3) is 77.7 Å². The van der Waals surface area contributed by atoms with Crippen LogP contribution >= 0.6 is 0 Å². The van der Waals surface area contributed by atoms with E-state index in [0.29, 0.717) is 0 Å². The van der Waals surface area contributed by atoms with Crippen LogP contribution in [-0.2, 0) is 5.41 Å². The molecule has 0 saturated carbocycles. The predicted molar refractivity (Wildman–Crippen MR) is 235 cm³/mol. The zero-order chi connectivity index (χ0) is 36.9. The summed E-state index contributed by atoms with van der Waals surface area (Å²) in [4.78, 5) is 0. The zero-order valence-electron chi connectivity index (χ0n) is 31.1. The molecule has 0 nitrogen and oxygen atoms in total. The van der Waals surface area contributed by atoms with Crippen molar-refractivity contribution in [1.82, 2.24) is 0 Å². The molecule has 0 bridgehead atoms. The van der Waals surface area contributed by atoms with Crippen molar-refractivity contribution in [3.63, 3.8) is 0 Å². The topological polar surface area (TPSA) is 0 Å². The van der Waals surface area contributed by atoms with E-state index in [2.05, 4.69) is 220 Å². The number of benzene rings is 9. The van der Waals surface area contributed by atoms with E-state index in [1.165, 1.54) is 99.4 Å². The van der Waals surface area contributed by atoms with Crippen molar-refractivity contribution in [2.45, 2.75) is 19.3 Å². The first-order valence-electron chi connectivity index (χ1n) is 19.2. The highest BCUT2D eigenvalue weighted by atomic mass is 14.4. The van der Waals surface area contributed by atoms with Crippen LogP contribution in [0.5, 0.6) is 0 Å². The van der Waals surface area contributed by atoms with Gasteiger partial charge in [0.1, 0.15) is 0 Å². The Morgan fingerprint density at radius 1 is 0.364 bits per heavy atom. The summed E-state index contributed by atoms with van der Waals surface area (Å²) in [6.07, 6.45) is 2.37. The van der Waals surface area contributed by atoms with Crippen LogP contribution in [0.2, 0.25) is 0 Å². The molecule has 0 fully saturated rings. The van der Waals surface area contributed by atoms with E-state index in [1.807, 2.05) is 0 Å². The van der Waals surface area contributed by atoms with Gasteiger partial charge in [-0.2, -0.15) is 0 Å². The van der Waals surface area contributed by atoms with Gasteiger partial charge in [0.2, 0.25) is 0 Å². The second kappa shape index (κ2) is 13.3. The van der Waals surface area contributed by atoms with E-state index in [9.17, 15) is 0 Å². The SMILES string of the molecule is CC1(C)c2cc(-c3cc(C=C(c4ccccc4)c4ccccc4)cc(-c4cccc5ccccc45)c3)ccc2-c2ccc(-c3ccc4ccccc4c3)cc21. The minimum Gasteiger partial charge on any atom is -0.0622 e. The summed E-state index contributed by atoms with van der Waals surface area (Å²) in [7, 11) is 0. The average Bonchev–Trinajstić information content (AvgIpc) is 3.47. The second-order valence-corrected chi connectivity index (χ2v) is 15.4. The Bertz CT molecular complexity index is 2880. The zero-order valence-corrected chi connectivity index (χ0v) is 31.1. The summed E-state index contributed by atoms with van der Waals surface area (Å²) in [5, 5.41) is 5.05. The first kappa shape index (κ1) is 32.9. The van der Waals surface area contributed by atoms with Crippen molar-refractivity contribution >= 4 is 33.2 Å². The highest BCUT2D eigenvalue weighted by Gasteiger charge is 2.36. The van der Waals surface area contributed by atoms with Crippen LogP contribution in [-0.4, -0.2) is 0 Å². The van der Waals surface area contributed by atoms with Crippen LogP contribution < -0.4 is 0 Å². The van der Waals surface area contributed by atoms with Gasteiger partial charge in [-0.3, -0.25) is 0 Å². The van der Waals surface area contributed by atoms with Gasteiger partial charge in [-0.1, -0.05) is 178 Å². The molecule has 9 aromatic rings. The first-order valence-corrected chi connectivity index (χ1v) is 19.2. The van der Waals surface area contributed by atoms with Gasteiger partial charge in [0.15, 0.2) is 0 Å². The summed E-state index contributed by atoms with van der Waals surface area (Å²) in [5.41, 5.74) is 17.4. The molecule has 0 radical (unpaired) electrons. The second-order valence-electron chi connectivity index (χ2n) is 15.4. The number of rotatable bonds is 6. The lowest BCUT2D eigenvalue weighted by molar-refractivity contribution is 0.661. The van der Waals surface area contributed by atoms with Crippen molar-refractivity contribution < 1.29 is 0 Å². The highest BCUT2D eigenvalue weighted by molar-refractivity contribution is 5.99. The summed E-state index contributed by atoms with van der Waals surface area (Å²) in [6, 6.07) is 73.6. The van der Waals surface area contributed by atoms with Gasteiger partial charge in [-0.25, -0.2) is 0 Å². The van der Waals surface area contributed by atoms with Crippen LogP contribution in [0.15, 0.2) is 200 Å². The van der Waals surface area contributed by atoms with Gasteiger partial charge >= 0.3 is 0 Å². The fourth-order valence-corrected chi connectivity index (χ4v) is 8.74. The number of fused-ring (bicyclic) bond motifs is 5. The van der Waals surface area contributed by atoms with E-state index >= 15 is 0 Å². The van der Waals surface area contributed by atoms with Crippen molar-refractivity contribution in [2.24, 2.45) is 0 Å². The van der Waals surface area contributed by atoms with Crippen molar-refractivity contribution in [1.29, 1.82) is 0 Å². The van der Waals surface area contributed by atoms with Crippen LogP contribution in [0.3, 0.4) is 0 Å². The molecule has 9 aromatic carbocycles. The molecular formula is C55H40. The third-order valence-electron chi connectivity index (χ3n) is 11.6. The van der Waals surface area contributed by atoms with Crippen molar-refractivity contribution in [3.05, 3.63) is 228 Å². The molecule has 0 atom stereocenters. The molecule has 260 valence electrons. The Morgan fingerprint density at radius 2 is 0.891 bits per heavy atom. The molecular weight excluding hydrogens is 661 g/mol. The summed E-state index contributed by atoms with van der Waals surface area (Å²) >= 11 is 0. The lowest BCUT2D eigenvalue weighted by Gasteiger charge is -2.23. The van der Waals surface area contributed by atoms with Gasteiger partial charge < -0.3 is 0 Å². The lowest BCUT2D eigenvalue weighted by Crippen LogP contribution is -2.15. The summed E-state index contributed by atoms with van der Waals surface area (Å²) in [5.74, 6) is 0. The minimum absolute atomic E-state index is 0.155. The molecule has 0 N–H and O–H groups in total. The van der Waals surface area contributed by atoms with Gasteiger partial charge in [0, 0.05) is 5.41 Å². The Balaban J connectivity index is 1.12. The molecule has 0 spiro atoms. The summed E-state index contributed by atoms with van der Waals surface area (Å²) < 4.78 is 0. The van der Waals surface area contributed by atoms with Crippen molar-refractivity contribution in [2.75, 3.05) is 0 Å². The van der Waals surface area contributed by atoms with Crippen LogP contribution in [0.4, 0.5) is 0 Å². The molecule has 0 amide bonds. The first-order chi connectivity index (χ1) is 27.0. The minimum atomic E-state index is -0.155. The maximum atomic E-state index is 2.45. The molecule has 1 aliphatic rings. The normalized spacial score (nSPS) is 12.7. The van der Waals surface area contributed by atoms with E-state index in [0.717, 1.165) is 0 Å². The molecule has 0 heteroatoms. The fourth-order valence-electron chi connectivity index (χ4n) is 8.74. The lowest BCUT2D eigenvalue weighted by atomic mass is 9.80. The smallest absolute Gasteiger partial charge is 0.0159 e. The van der Waals surface area contributed by atoms with Gasteiger partial charge in [0.05, 0.1) is 0 Å². The molecule has 0 aliphatic heterocycles. The third kappa shape index (κ3) is 5.88. The largest absolute Gasteiger partial charge is 0.0622 e. The van der Waals surface area contributed by atoms with Crippen molar-refractivity contribution in [3.8, 4) is 44.5 Å². The van der Waals surface area contributed by atoms with Gasteiger partial charge in [-0.05, 0) is 142 Å². The number of hydrogen-bond donors (Lipinski definition) is 0. The monoisotopic (exact) mass is 700 g/mol. The van der Waals surface area contributed by atoms with E-state index in [1.54, 1.807) is 0 Å². The fraction of sp³-hybridized carbons (Fsp3) is 0.0545. The molecule has 1 aliphatic carbocycles. The average molecular weight is 701 g/mol. The summed E-state index contributed by atoms with van der Waals surface area (Å²) in [6.45, 7) is 4.77. The maximum absolute atomic E-state index is 2.45. The van der Waals surface area contributed by atoms with E-state index < -0.39 is 0 Å². The Morgan fingerprint density at radius 3 is 1.58 bits per heavy atom. The Hall–Kier alpha value is -6.76. The van der Waals surface area contributed by atoms with Crippen LogP contribution in [0.1, 0.15) is 41.7 Å². The Kier molecular flexibility index (Phi) is 7.93. The van der Waals surface area contributed by atoms with Gasteiger partial charge in [0.25, 0.3) is 0 Å². The van der Waals surface area contributed by atoms with Gasteiger partial charge in [-0.15, -0.1) is 0 Å². The molecule has 0 unspecified atom stereocenters. The number of hydrogen-bond acceptors (Lipinski definition) is 0. The van der Waals surface area contributed by atoms with Crippen LogP contribution in [0, 0.1) is 0 Å². The molecule has 10 rings (SSSR count). The molecule has 0 saturated heterocycles. The van der Waals surface area contributed by atoms with E-state index in [4.69, 9.17) is 0 Å². The molecule has 0 aromatic heterocycles. The molecule has 0 heterocycles.